The van der Waals surface area contributed by atoms with Gasteiger partial charge in [0.15, 0.2) is 5.11 Å². The number of aryl methyl sites for hydroxylation is 1. The molecule has 0 radical (unpaired) electrons. The van der Waals surface area contributed by atoms with Crippen LogP contribution in [-0.2, 0) is 11.2 Å². The van der Waals surface area contributed by atoms with E-state index in [9.17, 15) is 4.79 Å². The molecule has 130 valence electrons. The van der Waals surface area contributed by atoms with Gasteiger partial charge in [0.2, 0.25) is 0 Å². The van der Waals surface area contributed by atoms with Gasteiger partial charge < -0.3 is 10.1 Å². The number of hydrogen-bond acceptors (Lipinski definition) is 6. The summed E-state index contributed by atoms with van der Waals surface area (Å²) < 4.78 is 6.75. The lowest BCUT2D eigenvalue weighted by molar-refractivity contribution is 0.0527. The van der Waals surface area contributed by atoms with Gasteiger partial charge in [-0.05, 0) is 44.5 Å². The molecular weight excluding hydrogens is 346 g/mol. The number of rotatable bonds is 7. The highest BCUT2D eigenvalue weighted by Gasteiger charge is 2.23. The number of nitrogens with one attached hydrogen (secondary N) is 2. The van der Waals surface area contributed by atoms with E-state index in [2.05, 4.69) is 27.9 Å². The molecule has 2 aromatic heterocycles. The maximum atomic E-state index is 12.4. The summed E-state index contributed by atoms with van der Waals surface area (Å²) in [6.07, 6.45) is 5.92. The number of carbonyl (C=O) groups excluding carboxylic acids is 1. The molecule has 2 aromatic rings. The Labute approximate surface area is 150 Å². The fourth-order valence-electron chi connectivity index (χ4n) is 2.25. The van der Waals surface area contributed by atoms with Crippen molar-refractivity contribution >= 4 is 39.6 Å². The van der Waals surface area contributed by atoms with Crippen molar-refractivity contribution in [1.29, 1.82) is 0 Å². The molecule has 0 unspecified atom stereocenters. The Balaban J connectivity index is 2.23. The summed E-state index contributed by atoms with van der Waals surface area (Å²) in [6, 6.07) is 0. The maximum Gasteiger partial charge on any atom is 0.341 e. The Morgan fingerprint density at radius 1 is 1.38 bits per heavy atom. The lowest BCUT2D eigenvalue weighted by atomic mass is 10.0. The van der Waals surface area contributed by atoms with E-state index in [0.717, 1.165) is 29.7 Å². The molecule has 0 amide bonds. The van der Waals surface area contributed by atoms with Crippen molar-refractivity contribution in [2.45, 2.75) is 40.0 Å². The van der Waals surface area contributed by atoms with Crippen molar-refractivity contribution in [3.63, 3.8) is 0 Å². The number of anilines is 1. The van der Waals surface area contributed by atoms with Crippen molar-refractivity contribution in [2.24, 2.45) is 0 Å². The molecule has 24 heavy (non-hydrogen) atoms. The summed E-state index contributed by atoms with van der Waals surface area (Å²) >= 11 is 6.80. The van der Waals surface area contributed by atoms with E-state index in [1.54, 1.807) is 6.92 Å². The van der Waals surface area contributed by atoms with Crippen LogP contribution in [0.5, 0.6) is 0 Å². The predicted octanol–water partition coefficient (Wildman–Crippen LogP) is 3.11. The highest BCUT2D eigenvalue weighted by Crippen LogP contribution is 2.34. The van der Waals surface area contributed by atoms with Crippen LogP contribution >= 0.6 is 23.6 Å². The van der Waals surface area contributed by atoms with Crippen LogP contribution in [0, 0.1) is 6.92 Å². The minimum atomic E-state index is -0.317. The van der Waals surface area contributed by atoms with Crippen LogP contribution in [0.15, 0.2) is 12.7 Å². The largest absolute Gasteiger partial charge is 0.462 e. The highest BCUT2D eigenvalue weighted by atomic mass is 32.1. The third-order valence-corrected chi connectivity index (χ3v) is 4.60. The second kappa shape index (κ2) is 8.74. The number of aromatic nitrogens is 3. The zero-order valence-electron chi connectivity index (χ0n) is 14.0. The number of esters is 1. The molecule has 7 nitrogen and oxygen atoms in total. The summed E-state index contributed by atoms with van der Waals surface area (Å²) in [5.41, 5.74) is 4.53. The monoisotopic (exact) mass is 367 g/mol. The van der Waals surface area contributed by atoms with Gasteiger partial charge >= 0.3 is 5.97 Å². The van der Waals surface area contributed by atoms with Gasteiger partial charge in [0.25, 0.3) is 0 Å². The first-order chi connectivity index (χ1) is 11.6. The van der Waals surface area contributed by atoms with Crippen LogP contribution in [0.2, 0.25) is 0 Å². The summed E-state index contributed by atoms with van der Waals surface area (Å²) in [7, 11) is 0. The predicted molar refractivity (Wildman–Crippen MR) is 99.2 cm³/mol. The van der Waals surface area contributed by atoms with Crippen LogP contribution in [0.1, 0.15) is 47.5 Å². The number of thiophene rings is 1. The Morgan fingerprint density at radius 2 is 2.08 bits per heavy atom. The van der Waals surface area contributed by atoms with Crippen LogP contribution in [-0.4, -0.2) is 32.6 Å². The van der Waals surface area contributed by atoms with E-state index in [4.69, 9.17) is 17.0 Å². The summed E-state index contributed by atoms with van der Waals surface area (Å²) in [6.45, 7) is 6.28. The van der Waals surface area contributed by atoms with E-state index in [1.807, 2.05) is 6.92 Å². The third-order valence-electron chi connectivity index (χ3n) is 3.35. The van der Waals surface area contributed by atoms with Crippen molar-refractivity contribution in [3.8, 4) is 0 Å². The Morgan fingerprint density at radius 3 is 2.71 bits per heavy atom. The molecule has 0 aromatic carbocycles. The van der Waals surface area contributed by atoms with Gasteiger partial charge in [-0.3, -0.25) is 5.43 Å². The molecule has 2 rings (SSSR count). The van der Waals surface area contributed by atoms with Crippen molar-refractivity contribution in [2.75, 3.05) is 17.3 Å². The molecule has 0 bridgehead atoms. The molecule has 0 spiro atoms. The third kappa shape index (κ3) is 4.51. The van der Waals surface area contributed by atoms with Gasteiger partial charge in [-0.15, -0.1) is 21.5 Å². The number of carbonyl (C=O) groups is 1. The molecule has 0 atom stereocenters. The summed E-state index contributed by atoms with van der Waals surface area (Å²) in [5, 5.41) is 11.5. The van der Waals surface area contributed by atoms with Crippen molar-refractivity contribution in [3.05, 3.63) is 28.7 Å². The normalized spacial score (nSPS) is 10.5. The molecule has 0 saturated carbocycles. The minimum absolute atomic E-state index is 0.317. The van der Waals surface area contributed by atoms with E-state index in [0.29, 0.717) is 22.3 Å². The first-order valence-electron chi connectivity index (χ1n) is 7.78. The van der Waals surface area contributed by atoms with Crippen molar-refractivity contribution in [1.82, 2.24) is 14.9 Å². The fraction of sp³-hybridized carbons (Fsp3) is 0.467. The first kappa shape index (κ1) is 18.3. The number of unbranched alkanes of at least 4 members (excludes halogenated alkanes) is 1. The average molecular weight is 368 g/mol. The second-order valence-electron chi connectivity index (χ2n) is 5.10. The van der Waals surface area contributed by atoms with Crippen LogP contribution in [0.25, 0.3) is 0 Å². The van der Waals surface area contributed by atoms with E-state index in [1.165, 1.54) is 28.7 Å². The lowest BCUT2D eigenvalue weighted by Gasteiger charge is -2.11. The molecule has 0 saturated heterocycles. The van der Waals surface area contributed by atoms with Crippen LogP contribution in [0.4, 0.5) is 5.00 Å². The molecule has 0 aliphatic carbocycles. The van der Waals surface area contributed by atoms with E-state index < -0.39 is 0 Å². The zero-order valence-corrected chi connectivity index (χ0v) is 15.6. The molecule has 9 heteroatoms. The number of ether oxygens (including phenoxy) is 1. The van der Waals surface area contributed by atoms with Gasteiger partial charge in [-0.25, -0.2) is 9.47 Å². The molecular formula is C15H21N5O2S2. The summed E-state index contributed by atoms with van der Waals surface area (Å²) in [4.78, 5) is 13.5. The SMILES string of the molecule is CCCCc1c(C)sc(NC(=S)Nn2cnnc2)c1C(=O)OCC. The minimum Gasteiger partial charge on any atom is -0.462 e. The first-order valence-corrected chi connectivity index (χ1v) is 9.01. The lowest BCUT2D eigenvalue weighted by Crippen LogP contribution is -2.27. The molecule has 2 heterocycles. The van der Waals surface area contributed by atoms with Crippen molar-refractivity contribution < 1.29 is 9.53 Å². The second-order valence-corrected chi connectivity index (χ2v) is 6.73. The van der Waals surface area contributed by atoms with Gasteiger partial charge in [0.1, 0.15) is 17.7 Å². The number of hydrogen-bond donors (Lipinski definition) is 2. The van der Waals surface area contributed by atoms with Gasteiger partial charge in [-0.1, -0.05) is 13.3 Å². The molecule has 2 N–H and O–H groups in total. The zero-order chi connectivity index (χ0) is 17.5. The van der Waals surface area contributed by atoms with Gasteiger partial charge in [0, 0.05) is 4.88 Å². The smallest absolute Gasteiger partial charge is 0.341 e. The number of thiocarbonyl (C=S) groups is 1. The van der Waals surface area contributed by atoms with E-state index >= 15 is 0 Å². The molecule has 0 fully saturated rings. The van der Waals surface area contributed by atoms with Crippen LogP contribution in [0.3, 0.4) is 0 Å². The average Bonchev–Trinajstić information content (AvgIpc) is 3.13. The van der Waals surface area contributed by atoms with Gasteiger partial charge in [0.05, 0.1) is 12.2 Å². The maximum absolute atomic E-state index is 12.4. The van der Waals surface area contributed by atoms with Gasteiger partial charge in [-0.2, -0.15) is 0 Å². The van der Waals surface area contributed by atoms with E-state index in [-0.39, 0.29) is 5.97 Å². The van der Waals surface area contributed by atoms with Crippen LogP contribution < -0.4 is 10.7 Å². The fourth-order valence-corrected chi connectivity index (χ4v) is 3.61. The Hall–Kier alpha value is -2.00. The summed E-state index contributed by atoms with van der Waals surface area (Å²) in [5.74, 6) is -0.317. The highest BCUT2D eigenvalue weighted by molar-refractivity contribution is 7.80. The molecule has 0 aliphatic heterocycles. The standard InChI is InChI=1S/C15H21N5O2S2/c1-4-6-7-11-10(3)24-13(12(11)14(21)22-5-2)18-15(23)19-20-8-16-17-9-20/h8-9H,4-7H2,1-3H3,(H2,18,19,23). The Bertz CT molecular complexity index is 697. The quantitative estimate of drug-likeness (QED) is 0.575. The number of nitrogens with zero attached hydrogens (tertiary/aromatic N) is 3. The topological polar surface area (TPSA) is 81.1 Å². The Kier molecular flexibility index (Phi) is 6.68. The molecule has 0 aliphatic rings.